The molecule has 0 amide bonds. The first-order chi connectivity index (χ1) is 5.74. The van der Waals surface area contributed by atoms with Crippen molar-refractivity contribution in [3.05, 3.63) is 20.8 Å². The fourth-order valence-corrected chi connectivity index (χ4v) is 2.38. The Hall–Kier alpha value is 0.140. The standard InChI is InChI=1S/C8H11BrS.CH5N/c1-3-6(2)8-4-7(9)5-10-8;1-2/h4-6H,3H2,1-2H3;2H2,1H3. The van der Waals surface area contributed by atoms with Gasteiger partial charge in [-0.05, 0) is 41.4 Å². The van der Waals surface area contributed by atoms with Crippen molar-refractivity contribution in [2.45, 2.75) is 26.2 Å². The molecule has 1 atom stereocenters. The molecule has 3 heteroatoms. The van der Waals surface area contributed by atoms with Crippen LogP contribution in [0.5, 0.6) is 0 Å². The summed E-state index contributed by atoms with van der Waals surface area (Å²) in [5, 5.41) is 2.14. The second kappa shape index (κ2) is 6.63. The van der Waals surface area contributed by atoms with Crippen LogP contribution in [0.1, 0.15) is 31.1 Å². The first-order valence-corrected chi connectivity index (χ1v) is 5.73. The van der Waals surface area contributed by atoms with Gasteiger partial charge < -0.3 is 5.73 Å². The average molecular weight is 250 g/mol. The lowest BCUT2D eigenvalue weighted by Gasteiger charge is -2.02. The maximum absolute atomic E-state index is 4.50. The third kappa shape index (κ3) is 3.70. The van der Waals surface area contributed by atoms with E-state index < -0.39 is 0 Å². The number of hydrogen-bond acceptors (Lipinski definition) is 2. The van der Waals surface area contributed by atoms with Gasteiger partial charge >= 0.3 is 0 Å². The fraction of sp³-hybridized carbons (Fsp3) is 0.556. The van der Waals surface area contributed by atoms with Crippen molar-refractivity contribution in [3.8, 4) is 0 Å². The quantitative estimate of drug-likeness (QED) is 0.852. The molecule has 2 N–H and O–H groups in total. The molecule has 0 fully saturated rings. The molecule has 1 aromatic rings. The van der Waals surface area contributed by atoms with E-state index in [1.54, 1.807) is 0 Å². The minimum atomic E-state index is 0.719. The van der Waals surface area contributed by atoms with E-state index in [4.69, 9.17) is 0 Å². The molecule has 0 aliphatic carbocycles. The van der Waals surface area contributed by atoms with E-state index in [0.717, 1.165) is 5.92 Å². The van der Waals surface area contributed by atoms with Crippen LogP contribution in [0.4, 0.5) is 0 Å². The molecule has 0 radical (unpaired) electrons. The molecule has 0 aliphatic heterocycles. The predicted octanol–water partition coefficient (Wildman–Crippen LogP) is 3.60. The van der Waals surface area contributed by atoms with Crippen LogP contribution in [0.3, 0.4) is 0 Å². The Morgan fingerprint density at radius 2 is 2.17 bits per heavy atom. The van der Waals surface area contributed by atoms with Crippen LogP contribution in [-0.2, 0) is 0 Å². The van der Waals surface area contributed by atoms with E-state index in [2.05, 4.69) is 47.0 Å². The Labute approximate surface area is 87.1 Å². The summed E-state index contributed by atoms with van der Waals surface area (Å²) >= 11 is 5.28. The van der Waals surface area contributed by atoms with Crippen molar-refractivity contribution in [2.75, 3.05) is 7.05 Å². The summed E-state index contributed by atoms with van der Waals surface area (Å²) < 4.78 is 1.22. The maximum Gasteiger partial charge on any atom is 0.0285 e. The highest BCUT2D eigenvalue weighted by Crippen LogP contribution is 2.28. The minimum Gasteiger partial charge on any atom is -0.333 e. The highest BCUT2D eigenvalue weighted by molar-refractivity contribution is 9.10. The summed E-state index contributed by atoms with van der Waals surface area (Å²) in [7, 11) is 1.50. The summed E-state index contributed by atoms with van der Waals surface area (Å²) in [6.07, 6.45) is 1.23. The molecule has 0 aromatic carbocycles. The summed E-state index contributed by atoms with van der Waals surface area (Å²) in [4.78, 5) is 1.48. The monoisotopic (exact) mass is 249 g/mol. The predicted molar refractivity (Wildman–Crippen MR) is 60.8 cm³/mol. The third-order valence-electron chi connectivity index (χ3n) is 1.69. The maximum atomic E-state index is 4.50. The number of nitrogens with two attached hydrogens (primary N) is 1. The van der Waals surface area contributed by atoms with Gasteiger partial charge in [0.15, 0.2) is 0 Å². The molecule has 70 valence electrons. The second-order valence-corrected chi connectivity index (χ2v) is 4.34. The molecule has 1 unspecified atom stereocenters. The zero-order valence-corrected chi connectivity index (χ0v) is 10.2. The normalized spacial score (nSPS) is 11.8. The molecule has 0 aliphatic rings. The summed E-state index contributed by atoms with van der Waals surface area (Å²) in [5.41, 5.74) is 4.50. The van der Waals surface area contributed by atoms with E-state index in [1.165, 1.54) is 22.8 Å². The first-order valence-electron chi connectivity index (χ1n) is 4.05. The topological polar surface area (TPSA) is 26.0 Å². The van der Waals surface area contributed by atoms with Crippen LogP contribution in [0.15, 0.2) is 15.9 Å². The van der Waals surface area contributed by atoms with Gasteiger partial charge in [0.2, 0.25) is 0 Å². The SMILES string of the molecule is CCC(C)c1cc(Br)cs1.CN. The van der Waals surface area contributed by atoms with E-state index in [1.807, 2.05) is 11.3 Å². The summed E-state index contributed by atoms with van der Waals surface area (Å²) in [6, 6.07) is 2.21. The lowest BCUT2D eigenvalue weighted by atomic mass is 10.1. The molecule has 0 saturated carbocycles. The van der Waals surface area contributed by atoms with Crippen molar-refractivity contribution < 1.29 is 0 Å². The number of halogens is 1. The molecule has 12 heavy (non-hydrogen) atoms. The Balaban J connectivity index is 0.000000561. The van der Waals surface area contributed by atoms with Crippen LogP contribution >= 0.6 is 27.3 Å². The summed E-state index contributed by atoms with van der Waals surface area (Å²) in [6.45, 7) is 4.48. The van der Waals surface area contributed by atoms with Crippen molar-refractivity contribution >= 4 is 27.3 Å². The number of thiophene rings is 1. The summed E-state index contributed by atoms with van der Waals surface area (Å²) in [5.74, 6) is 0.719. The Morgan fingerprint density at radius 1 is 1.58 bits per heavy atom. The molecule has 0 bridgehead atoms. The lowest BCUT2D eigenvalue weighted by Crippen LogP contribution is -1.84. The fourth-order valence-electron chi connectivity index (χ4n) is 0.788. The third-order valence-corrected chi connectivity index (χ3v) is 3.61. The Morgan fingerprint density at radius 3 is 2.50 bits per heavy atom. The van der Waals surface area contributed by atoms with Gasteiger partial charge in [-0.15, -0.1) is 11.3 Å². The molecule has 0 saturated heterocycles. The molecular weight excluding hydrogens is 234 g/mol. The molecule has 1 aromatic heterocycles. The second-order valence-electron chi connectivity index (χ2n) is 2.48. The zero-order valence-electron chi connectivity index (χ0n) is 7.80. The van der Waals surface area contributed by atoms with Crippen molar-refractivity contribution in [3.63, 3.8) is 0 Å². The van der Waals surface area contributed by atoms with Gasteiger partial charge in [0, 0.05) is 14.7 Å². The highest BCUT2D eigenvalue weighted by atomic mass is 79.9. The van der Waals surface area contributed by atoms with Gasteiger partial charge in [-0.25, -0.2) is 0 Å². The molecule has 1 nitrogen and oxygen atoms in total. The highest BCUT2D eigenvalue weighted by Gasteiger charge is 2.04. The molecular formula is C9H16BrNS. The van der Waals surface area contributed by atoms with E-state index in [-0.39, 0.29) is 0 Å². The average Bonchev–Trinajstić information content (AvgIpc) is 2.54. The van der Waals surface area contributed by atoms with Crippen LogP contribution in [0, 0.1) is 0 Å². The van der Waals surface area contributed by atoms with E-state index >= 15 is 0 Å². The molecule has 1 rings (SSSR count). The van der Waals surface area contributed by atoms with Crippen LogP contribution < -0.4 is 5.73 Å². The van der Waals surface area contributed by atoms with E-state index in [0.29, 0.717) is 0 Å². The van der Waals surface area contributed by atoms with Gasteiger partial charge in [-0.2, -0.15) is 0 Å². The van der Waals surface area contributed by atoms with Gasteiger partial charge in [-0.3, -0.25) is 0 Å². The van der Waals surface area contributed by atoms with Gasteiger partial charge in [0.1, 0.15) is 0 Å². The Bertz CT molecular complexity index is 210. The smallest absolute Gasteiger partial charge is 0.0285 e. The van der Waals surface area contributed by atoms with Gasteiger partial charge in [0.25, 0.3) is 0 Å². The molecule has 1 heterocycles. The zero-order chi connectivity index (χ0) is 9.56. The van der Waals surface area contributed by atoms with Crippen molar-refractivity contribution in [1.82, 2.24) is 0 Å². The van der Waals surface area contributed by atoms with E-state index in [9.17, 15) is 0 Å². The number of rotatable bonds is 2. The van der Waals surface area contributed by atoms with Crippen molar-refractivity contribution in [2.24, 2.45) is 5.73 Å². The largest absolute Gasteiger partial charge is 0.333 e. The first kappa shape index (κ1) is 12.1. The molecule has 0 spiro atoms. The number of hydrogen-bond donors (Lipinski definition) is 1. The van der Waals surface area contributed by atoms with Crippen LogP contribution in [0.2, 0.25) is 0 Å². The van der Waals surface area contributed by atoms with Gasteiger partial charge in [0.05, 0.1) is 0 Å². The lowest BCUT2D eigenvalue weighted by molar-refractivity contribution is 0.748. The Kier molecular flexibility index (Phi) is 6.71. The van der Waals surface area contributed by atoms with Crippen molar-refractivity contribution in [1.29, 1.82) is 0 Å². The van der Waals surface area contributed by atoms with Gasteiger partial charge in [-0.1, -0.05) is 13.8 Å². The van der Waals surface area contributed by atoms with Crippen LogP contribution in [-0.4, -0.2) is 7.05 Å². The minimum absolute atomic E-state index is 0.719. The van der Waals surface area contributed by atoms with Crippen LogP contribution in [0.25, 0.3) is 0 Å².